The van der Waals surface area contributed by atoms with Gasteiger partial charge in [-0.15, -0.1) is 0 Å². The number of fused-ring (bicyclic) bond motifs is 2. The van der Waals surface area contributed by atoms with Gasteiger partial charge in [0.05, 0.1) is 0 Å². The molecule has 1 saturated heterocycles. The van der Waals surface area contributed by atoms with Crippen molar-refractivity contribution in [3.8, 4) is 5.75 Å². The fraction of sp³-hybridized carbons (Fsp3) is 0.552. The van der Waals surface area contributed by atoms with Gasteiger partial charge in [0.2, 0.25) is 0 Å². The molecule has 41 heavy (non-hydrogen) atoms. The molecule has 2 saturated carbocycles. The van der Waals surface area contributed by atoms with Gasteiger partial charge < -0.3 is 0 Å². The third-order valence-electron chi connectivity index (χ3n) is 9.17. The molecule has 0 spiro atoms. The maximum absolute atomic E-state index is 13.9. The van der Waals surface area contributed by atoms with Crippen LogP contribution in [0.4, 0.5) is 9.59 Å². The number of amides is 2. The minimum atomic E-state index is -3.13. The van der Waals surface area contributed by atoms with Gasteiger partial charge in [-0.1, -0.05) is 0 Å². The quantitative estimate of drug-likeness (QED) is 0.0578. The molecule has 5 rings (SSSR count). The maximum atomic E-state index is 13.9. The third-order valence-corrected chi connectivity index (χ3v) is 19.9. The van der Waals surface area contributed by atoms with E-state index in [4.69, 9.17) is 4.74 Å². The van der Waals surface area contributed by atoms with Crippen molar-refractivity contribution in [2.24, 2.45) is 16.7 Å². The molecule has 1 aliphatic heterocycles. The number of carbonyl (C=O) groups excluding carboxylic acids is 3. The average Bonchev–Trinajstić information content (AvgIpc) is 3.71. The summed E-state index contributed by atoms with van der Waals surface area (Å²) in [6, 6.07) is 9.48. The van der Waals surface area contributed by atoms with Gasteiger partial charge in [-0.25, -0.2) is 0 Å². The van der Waals surface area contributed by atoms with Crippen LogP contribution in [0, 0.1) is 16.7 Å². The Morgan fingerprint density at radius 1 is 1.24 bits per heavy atom. The number of nitrogens with one attached hydrogen (secondary N) is 1. The van der Waals surface area contributed by atoms with Gasteiger partial charge in [0.1, 0.15) is 0 Å². The molecule has 226 valence electrons. The number of ether oxygens (including phenoxy) is 1. The van der Waals surface area contributed by atoms with Crippen LogP contribution in [0.1, 0.15) is 52.0 Å². The van der Waals surface area contributed by atoms with E-state index >= 15 is 0 Å². The molecule has 1 aromatic heterocycles. The summed E-state index contributed by atoms with van der Waals surface area (Å²) in [6.45, 7) is 7.34. The number of halogens is 2. The van der Waals surface area contributed by atoms with Gasteiger partial charge >= 0.3 is 267 Å². The summed E-state index contributed by atoms with van der Waals surface area (Å²) in [7, 11) is 0. The second-order valence-corrected chi connectivity index (χ2v) is 22.6. The van der Waals surface area contributed by atoms with E-state index in [1.54, 1.807) is 26.6 Å². The first kappa shape index (κ1) is 31.3. The van der Waals surface area contributed by atoms with Crippen LogP contribution in [-0.2, 0) is 14.0 Å². The van der Waals surface area contributed by atoms with Gasteiger partial charge in [0.25, 0.3) is 0 Å². The molecule has 1 aromatic carbocycles. The molecular formula is C29H38I2N2O6S2. The number of thiophene rings is 1. The minimum absolute atomic E-state index is 0.0370. The van der Waals surface area contributed by atoms with Crippen LogP contribution in [0.25, 0.3) is 0 Å². The van der Waals surface area contributed by atoms with Crippen LogP contribution < -0.4 is 5.32 Å². The van der Waals surface area contributed by atoms with Gasteiger partial charge in [-0.2, -0.15) is 0 Å². The Kier molecular flexibility index (Phi) is 9.83. The molecule has 3 fully saturated rings. The Morgan fingerprint density at radius 2 is 2.00 bits per heavy atom. The van der Waals surface area contributed by atoms with Crippen molar-refractivity contribution < 1.29 is 27.7 Å². The number of phenols is 1. The van der Waals surface area contributed by atoms with Crippen LogP contribution in [0.15, 0.2) is 46.0 Å². The summed E-state index contributed by atoms with van der Waals surface area (Å²) >= 11 is -2.68. The average molecular weight is 829 g/mol. The Balaban J connectivity index is 1.26. The standard InChI is InChI=1S/C29H38I2N2O6S2/c1-28(2)20-11-12-29(28,3)23(16-20)39-27(37)30-13-5-14-33(30)25(35)22(18-41-24-6-4-15-40-24)32-26(36)31(38)17-19-7-9-21(34)10-8-19/h4,6-10,15,20,22-23,34,38H,5,11-14,16-18H2,1-3H3,(H,32,36). The Morgan fingerprint density at radius 3 is 2.63 bits per heavy atom. The van der Waals surface area contributed by atoms with Crippen molar-refractivity contribution in [2.45, 2.75) is 67.2 Å². The Bertz CT molecular complexity index is 1260. The number of hydrogen-bond donors (Lipinski definition) is 3. The predicted molar refractivity (Wildman–Crippen MR) is 180 cm³/mol. The molecule has 8 nitrogen and oxygen atoms in total. The summed E-state index contributed by atoms with van der Waals surface area (Å²) in [5.74, 6) is 0.757. The van der Waals surface area contributed by atoms with E-state index < -0.39 is 50.3 Å². The summed E-state index contributed by atoms with van der Waals surface area (Å²) in [5.41, 5.74) is 0.853. The van der Waals surface area contributed by atoms with Crippen LogP contribution >= 0.6 is 63.4 Å². The Hall–Kier alpha value is -1.10. The van der Waals surface area contributed by atoms with E-state index in [1.807, 2.05) is 17.5 Å². The second-order valence-electron chi connectivity index (χ2n) is 11.6. The van der Waals surface area contributed by atoms with E-state index in [-0.39, 0.29) is 37.0 Å². The van der Waals surface area contributed by atoms with Crippen molar-refractivity contribution >= 4 is 77.2 Å². The van der Waals surface area contributed by atoms with Crippen LogP contribution in [0.3, 0.4) is 0 Å². The number of benzene rings is 1. The van der Waals surface area contributed by atoms with E-state index in [1.165, 1.54) is 30.3 Å². The number of rotatable bonds is 10. The second kappa shape index (κ2) is 12.9. The molecule has 2 aliphatic carbocycles. The summed E-state index contributed by atoms with van der Waals surface area (Å²) in [4.78, 5) is 40.7. The number of carbonyl (C=O) groups is 3. The van der Waals surface area contributed by atoms with E-state index in [2.05, 4.69) is 26.1 Å². The van der Waals surface area contributed by atoms with Crippen molar-refractivity contribution in [1.82, 2.24) is 8.43 Å². The summed E-state index contributed by atoms with van der Waals surface area (Å²) < 4.78 is 20.0. The van der Waals surface area contributed by atoms with Crippen molar-refractivity contribution in [2.75, 3.05) is 16.7 Å². The molecule has 2 aromatic rings. The summed E-state index contributed by atoms with van der Waals surface area (Å²) in [5, 5.41) is 14.3. The SMILES string of the molecule is CC1(C)C2CCC1(C)C(OC(=O)I1CCCN1C(=O)C(CSc1cccs1)NC(=O)I(O)Cc1ccc(O)cc1)C2. The van der Waals surface area contributed by atoms with Gasteiger partial charge in [-0.3, -0.25) is 0 Å². The normalized spacial score (nSPS) is 26.6. The van der Waals surface area contributed by atoms with Gasteiger partial charge in [-0.05, 0) is 0 Å². The van der Waals surface area contributed by atoms with E-state index in [0.29, 0.717) is 22.6 Å². The molecular weight excluding hydrogens is 790 g/mol. The van der Waals surface area contributed by atoms with Crippen LogP contribution in [0.5, 0.6) is 5.75 Å². The molecule has 3 aliphatic rings. The van der Waals surface area contributed by atoms with Crippen LogP contribution in [-0.4, -0.2) is 54.3 Å². The first-order chi connectivity index (χ1) is 19.5. The topological polar surface area (TPSA) is 116 Å². The predicted octanol–water partition coefficient (Wildman–Crippen LogP) is 7.24. The number of alkyl halides is 2. The molecule has 4 unspecified atom stereocenters. The van der Waals surface area contributed by atoms with Crippen molar-refractivity contribution in [3.63, 3.8) is 0 Å². The monoisotopic (exact) mass is 828 g/mol. The number of hydrogen-bond acceptors (Lipinski definition) is 8. The molecule has 3 N–H and O–H groups in total. The zero-order valence-corrected chi connectivity index (χ0v) is 29.4. The van der Waals surface area contributed by atoms with Gasteiger partial charge in [0, 0.05) is 0 Å². The number of nitrogens with zero attached hydrogens (tertiary/aromatic N) is 1. The number of thioether (sulfide) groups is 1. The van der Waals surface area contributed by atoms with Crippen LogP contribution in [0.2, 0.25) is 0 Å². The first-order valence-electron chi connectivity index (χ1n) is 13.8. The number of aromatic hydroxyl groups is 1. The zero-order chi connectivity index (χ0) is 29.4. The molecule has 2 amide bonds. The summed E-state index contributed by atoms with van der Waals surface area (Å²) in [6.07, 6.45) is 3.79. The van der Waals surface area contributed by atoms with E-state index in [9.17, 15) is 22.9 Å². The molecule has 12 heteroatoms. The fourth-order valence-electron chi connectivity index (χ4n) is 6.22. The van der Waals surface area contributed by atoms with Crippen molar-refractivity contribution in [1.29, 1.82) is 0 Å². The fourth-order valence-corrected chi connectivity index (χ4v) is 15.5. The zero-order valence-electron chi connectivity index (χ0n) is 23.5. The van der Waals surface area contributed by atoms with E-state index in [0.717, 1.165) is 29.0 Å². The first-order valence-corrected chi connectivity index (χ1v) is 22.8. The molecule has 2 heterocycles. The van der Waals surface area contributed by atoms with Crippen molar-refractivity contribution in [3.05, 3.63) is 47.3 Å². The number of phenolic OH excluding ortho intramolecular Hbond substituents is 1. The third kappa shape index (κ3) is 6.55. The Labute approximate surface area is 265 Å². The molecule has 0 radical (unpaired) electrons. The molecule has 4 atom stereocenters. The van der Waals surface area contributed by atoms with Gasteiger partial charge in [0.15, 0.2) is 0 Å². The molecule has 2 bridgehead atoms.